The summed E-state index contributed by atoms with van der Waals surface area (Å²) in [5.41, 5.74) is 4.71. The fraction of sp³-hybridized carbons (Fsp3) is 0.737. The summed E-state index contributed by atoms with van der Waals surface area (Å²) in [5.74, 6) is -0.130. The molecule has 0 radical (unpaired) electrons. The zero-order valence-corrected chi connectivity index (χ0v) is 17.6. The van der Waals surface area contributed by atoms with Gasteiger partial charge in [0.05, 0.1) is 12.7 Å². The number of nitrogens with one attached hydrogen (secondary N) is 1. The average molecular weight is 409 g/mol. The van der Waals surface area contributed by atoms with Gasteiger partial charge in [-0.05, 0) is 17.3 Å². The van der Waals surface area contributed by atoms with Crippen LogP contribution in [0.4, 0.5) is 5.95 Å². The standard InChI is InChI=1S/C19H31N5O5/c1-18(2,3)19(4,5)6-7-23-12-13(21-16(20)22-14(12)27)24(17(23)28)15-11(26)8-10(9-25)29-15/h10-11,15,25-26H,6-9H2,1-5H3,(H3,20,21,22,27). The molecule has 0 bridgehead atoms. The van der Waals surface area contributed by atoms with Crippen LogP contribution in [-0.4, -0.2) is 48.1 Å². The van der Waals surface area contributed by atoms with Crippen LogP contribution in [-0.2, 0) is 11.3 Å². The van der Waals surface area contributed by atoms with E-state index in [2.05, 4.69) is 44.6 Å². The summed E-state index contributed by atoms with van der Waals surface area (Å²) in [7, 11) is 0. The Balaban J connectivity index is 2.13. The van der Waals surface area contributed by atoms with Crippen LogP contribution in [0.2, 0.25) is 0 Å². The molecule has 2 aromatic heterocycles. The number of nitrogens with two attached hydrogens (primary N) is 1. The molecule has 3 atom stereocenters. The van der Waals surface area contributed by atoms with Gasteiger partial charge in [0, 0.05) is 13.0 Å². The van der Waals surface area contributed by atoms with Gasteiger partial charge in [0.1, 0.15) is 6.10 Å². The largest absolute Gasteiger partial charge is 0.394 e. The van der Waals surface area contributed by atoms with Gasteiger partial charge in [-0.3, -0.25) is 14.3 Å². The fourth-order valence-electron chi connectivity index (χ4n) is 3.48. The number of aromatic nitrogens is 4. The fourth-order valence-corrected chi connectivity index (χ4v) is 3.48. The Kier molecular flexibility index (Phi) is 5.39. The van der Waals surface area contributed by atoms with E-state index in [0.29, 0.717) is 13.0 Å². The Hall–Kier alpha value is -2.17. The lowest BCUT2D eigenvalue weighted by atomic mass is 9.67. The van der Waals surface area contributed by atoms with E-state index in [4.69, 9.17) is 10.5 Å². The van der Waals surface area contributed by atoms with Crippen LogP contribution in [0.3, 0.4) is 0 Å². The molecule has 10 heteroatoms. The van der Waals surface area contributed by atoms with E-state index < -0.39 is 29.7 Å². The van der Waals surface area contributed by atoms with Crippen molar-refractivity contribution in [1.82, 2.24) is 19.1 Å². The number of aromatic amines is 1. The summed E-state index contributed by atoms with van der Waals surface area (Å²) in [6.45, 7) is 10.6. The van der Waals surface area contributed by atoms with Crippen molar-refractivity contribution in [2.45, 2.75) is 72.4 Å². The highest BCUT2D eigenvalue weighted by atomic mass is 16.5. The minimum Gasteiger partial charge on any atom is -0.394 e. The van der Waals surface area contributed by atoms with Gasteiger partial charge in [0.25, 0.3) is 5.56 Å². The maximum absolute atomic E-state index is 13.3. The molecule has 3 heterocycles. The Morgan fingerprint density at radius 1 is 1.28 bits per heavy atom. The second-order valence-corrected chi connectivity index (χ2v) is 9.45. The predicted octanol–water partition coefficient (Wildman–Crippen LogP) is 0.572. The molecule has 1 aliphatic rings. The van der Waals surface area contributed by atoms with Crippen molar-refractivity contribution in [3.63, 3.8) is 0 Å². The molecule has 1 aliphatic heterocycles. The summed E-state index contributed by atoms with van der Waals surface area (Å²) < 4.78 is 8.19. The number of aliphatic hydroxyl groups is 2. The number of rotatable bonds is 5. The third kappa shape index (κ3) is 3.72. The summed E-state index contributed by atoms with van der Waals surface area (Å²) in [6, 6.07) is 0. The van der Waals surface area contributed by atoms with Crippen LogP contribution in [0.15, 0.2) is 9.59 Å². The summed E-state index contributed by atoms with van der Waals surface area (Å²) in [6.07, 6.45) is -1.84. The van der Waals surface area contributed by atoms with Crippen molar-refractivity contribution >= 4 is 17.1 Å². The lowest BCUT2D eigenvalue weighted by Crippen LogP contribution is -2.35. The Bertz CT molecular complexity index is 1010. The van der Waals surface area contributed by atoms with E-state index >= 15 is 0 Å². The van der Waals surface area contributed by atoms with E-state index in [1.54, 1.807) is 0 Å². The molecule has 29 heavy (non-hydrogen) atoms. The summed E-state index contributed by atoms with van der Waals surface area (Å²) in [5, 5.41) is 19.7. The lowest BCUT2D eigenvalue weighted by Gasteiger charge is -2.39. The number of ether oxygens (including phenoxy) is 1. The van der Waals surface area contributed by atoms with Crippen LogP contribution >= 0.6 is 0 Å². The molecule has 1 saturated heterocycles. The van der Waals surface area contributed by atoms with E-state index in [0.717, 1.165) is 0 Å². The third-order valence-electron chi connectivity index (χ3n) is 6.44. The molecule has 0 spiro atoms. The van der Waals surface area contributed by atoms with Crippen molar-refractivity contribution in [2.24, 2.45) is 10.8 Å². The minimum absolute atomic E-state index is 0.0107. The number of anilines is 1. The van der Waals surface area contributed by atoms with Crippen molar-refractivity contribution in [2.75, 3.05) is 12.3 Å². The maximum atomic E-state index is 13.3. The minimum atomic E-state index is -1.05. The van der Waals surface area contributed by atoms with Crippen LogP contribution in [0, 0.1) is 10.8 Å². The van der Waals surface area contributed by atoms with Crippen molar-refractivity contribution in [3.8, 4) is 0 Å². The van der Waals surface area contributed by atoms with E-state index in [9.17, 15) is 19.8 Å². The van der Waals surface area contributed by atoms with Gasteiger partial charge < -0.3 is 20.7 Å². The molecule has 0 aliphatic carbocycles. The smallest absolute Gasteiger partial charge is 0.332 e. The molecule has 0 saturated carbocycles. The highest BCUT2D eigenvalue weighted by Crippen LogP contribution is 2.41. The number of nitrogens with zero attached hydrogens (tertiary/aromatic N) is 3. The van der Waals surface area contributed by atoms with Crippen molar-refractivity contribution < 1.29 is 14.9 Å². The second kappa shape index (κ2) is 7.26. The van der Waals surface area contributed by atoms with Gasteiger partial charge in [-0.2, -0.15) is 4.98 Å². The van der Waals surface area contributed by atoms with Gasteiger partial charge in [0.15, 0.2) is 17.4 Å². The SMILES string of the molecule is CC(C)(C)C(C)(C)CCn1c(=O)n(C2OC(CO)CC2O)c2nc(N)[nH]c(=O)c21. The van der Waals surface area contributed by atoms with Gasteiger partial charge in [-0.1, -0.05) is 34.6 Å². The van der Waals surface area contributed by atoms with E-state index in [1.807, 2.05) is 0 Å². The van der Waals surface area contributed by atoms with E-state index in [1.165, 1.54) is 9.13 Å². The van der Waals surface area contributed by atoms with Gasteiger partial charge in [0.2, 0.25) is 5.95 Å². The average Bonchev–Trinajstić information content (AvgIpc) is 3.09. The molecular weight excluding hydrogens is 378 g/mol. The molecule has 2 aromatic rings. The number of imidazole rings is 1. The third-order valence-corrected chi connectivity index (χ3v) is 6.44. The number of hydrogen-bond donors (Lipinski definition) is 4. The highest BCUT2D eigenvalue weighted by molar-refractivity contribution is 5.71. The first-order valence-corrected chi connectivity index (χ1v) is 9.82. The number of aliphatic hydroxyl groups excluding tert-OH is 2. The predicted molar refractivity (Wildman–Crippen MR) is 108 cm³/mol. The van der Waals surface area contributed by atoms with Gasteiger partial charge in [-0.15, -0.1) is 0 Å². The zero-order chi connectivity index (χ0) is 21.7. The van der Waals surface area contributed by atoms with Crippen molar-refractivity contribution in [1.29, 1.82) is 0 Å². The number of nitrogen functional groups attached to an aromatic ring is 1. The van der Waals surface area contributed by atoms with Crippen molar-refractivity contribution in [3.05, 3.63) is 20.8 Å². The molecule has 0 aromatic carbocycles. The Morgan fingerprint density at radius 3 is 2.48 bits per heavy atom. The quantitative estimate of drug-likeness (QED) is 0.564. The van der Waals surface area contributed by atoms with Gasteiger partial charge >= 0.3 is 5.69 Å². The van der Waals surface area contributed by atoms with Crippen LogP contribution in [0.25, 0.3) is 11.2 Å². The molecule has 0 amide bonds. The molecule has 5 N–H and O–H groups in total. The number of fused-ring (bicyclic) bond motifs is 1. The normalized spacial score (nSPS) is 23.2. The van der Waals surface area contributed by atoms with Crippen LogP contribution in [0.1, 0.15) is 53.7 Å². The van der Waals surface area contributed by atoms with E-state index in [-0.39, 0.29) is 41.0 Å². The topological polar surface area (TPSA) is 148 Å². The van der Waals surface area contributed by atoms with Crippen LogP contribution < -0.4 is 17.0 Å². The maximum Gasteiger partial charge on any atom is 0.332 e. The number of aryl methyl sites for hydroxylation is 1. The summed E-state index contributed by atoms with van der Waals surface area (Å²) >= 11 is 0. The number of H-pyrrole nitrogens is 1. The summed E-state index contributed by atoms with van der Waals surface area (Å²) in [4.78, 5) is 32.5. The monoisotopic (exact) mass is 409 g/mol. The molecule has 3 unspecified atom stereocenters. The second-order valence-electron chi connectivity index (χ2n) is 9.45. The first-order valence-electron chi connectivity index (χ1n) is 9.82. The molecule has 3 rings (SSSR count). The van der Waals surface area contributed by atoms with Crippen LogP contribution in [0.5, 0.6) is 0 Å². The highest BCUT2D eigenvalue weighted by Gasteiger charge is 2.39. The molecule has 1 fully saturated rings. The first-order chi connectivity index (χ1) is 13.4. The zero-order valence-electron chi connectivity index (χ0n) is 17.6. The number of hydrogen-bond acceptors (Lipinski definition) is 7. The lowest BCUT2D eigenvalue weighted by molar-refractivity contribution is -0.0506. The Labute approximate surface area is 168 Å². The molecule has 162 valence electrons. The molecular formula is C19H31N5O5. The Morgan fingerprint density at radius 2 is 1.93 bits per heavy atom. The molecule has 10 nitrogen and oxygen atoms in total. The first kappa shape index (κ1) is 21.5. The van der Waals surface area contributed by atoms with Gasteiger partial charge in [-0.25, -0.2) is 9.36 Å².